The summed E-state index contributed by atoms with van der Waals surface area (Å²) in [5.74, 6) is -1.64. The van der Waals surface area contributed by atoms with Crippen molar-refractivity contribution in [3.63, 3.8) is 0 Å². The van der Waals surface area contributed by atoms with Crippen LogP contribution >= 0.6 is 0 Å². The lowest BCUT2D eigenvalue weighted by atomic mass is 9.84. The van der Waals surface area contributed by atoms with E-state index in [4.69, 9.17) is 10.5 Å². The zero-order valence-corrected chi connectivity index (χ0v) is 12.7. The van der Waals surface area contributed by atoms with E-state index in [1.165, 1.54) is 6.07 Å². The SMILES string of the molecule is CCC(C)(C(N)Cc1ccc(F)c(F)c1)N1CCOCC1. The van der Waals surface area contributed by atoms with Crippen LogP contribution in [0.4, 0.5) is 8.78 Å². The van der Waals surface area contributed by atoms with Gasteiger partial charge in [0.15, 0.2) is 11.6 Å². The Morgan fingerprint density at radius 3 is 2.52 bits per heavy atom. The van der Waals surface area contributed by atoms with Crippen LogP contribution in [0.3, 0.4) is 0 Å². The molecule has 2 unspecified atom stereocenters. The third kappa shape index (κ3) is 3.59. The molecule has 1 aromatic carbocycles. The Kier molecular flexibility index (Phi) is 5.30. The molecule has 1 saturated heterocycles. The van der Waals surface area contributed by atoms with E-state index in [0.717, 1.165) is 31.1 Å². The number of nitrogens with two attached hydrogens (primary N) is 1. The summed E-state index contributed by atoms with van der Waals surface area (Å²) in [5, 5.41) is 0. The fourth-order valence-corrected chi connectivity index (χ4v) is 2.93. The summed E-state index contributed by atoms with van der Waals surface area (Å²) in [6.45, 7) is 7.40. The zero-order valence-electron chi connectivity index (χ0n) is 12.7. The van der Waals surface area contributed by atoms with Gasteiger partial charge in [-0.05, 0) is 37.5 Å². The lowest BCUT2D eigenvalue weighted by Crippen LogP contribution is -2.61. The first-order valence-electron chi connectivity index (χ1n) is 7.49. The summed E-state index contributed by atoms with van der Waals surface area (Å²) in [6.07, 6.45) is 1.43. The predicted molar refractivity (Wildman–Crippen MR) is 79.1 cm³/mol. The van der Waals surface area contributed by atoms with Gasteiger partial charge in [0.1, 0.15) is 0 Å². The first-order valence-corrected chi connectivity index (χ1v) is 7.49. The third-order valence-corrected chi connectivity index (χ3v) is 4.69. The molecular formula is C16H24F2N2O. The Bertz CT molecular complexity index is 477. The van der Waals surface area contributed by atoms with E-state index in [-0.39, 0.29) is 11.6 Å². The van der Waals surface area contributed by atoms with Crippen LogP contribution in [0.1, 0.15) is 25.8 Å². The topological polar surface area (TPSA) is 38.5 Å². The van der Waals surface area contributed by atoms with Crippen LogP contribution < -0.4 is 5.73 Å². The Hall–Kier alpha value is -1.04. The summed E-state index contributed by atoms with van der Waals surface area (Å²) in [6, 6.07) is 3.86. The lowest BCUT2D eigenvalue weighted by molar-refractivity contribution is -0.0272. The van der Waals surface area contributed by atoms with Crippen LogP contribution in [0.25, 0.3) is 0 Å². The van der Waals surface area contributed by atoms with Gasteiger partial charge < -0.3 is 10.5 Å². The van der Waals surface area contributed by atoms with Crippen LogP contribution in [0.15, 0.2) is 18.2 Å². The average molecular weight is 298 g/mol. The van der Waals surface area contributed by atoms with Crippen LogP contribution in [-0.2, 0) is 11.2 Å². The summed E-state index contributed by atoms with van der Waals surface area (Å²) >= 11 is 0. The highest BCUT2D eigenvalue weighted by Gasteiger charge is 2.36. The monoisotopic (exact) mass is 298 g/mol. The Balaban J connectivity index is 2.11. The van der Waals surface area contributed by atoms with Crippen molar-refractivity contribution < 1.29 is 13.5 Å². The summed E-state index contributed by atoms with van der Waals surface area (Å²) < 4.78 is 31.7. The van der Waals surface area contributed by atoms with Gasteiger partial charge >= 0.3 is 0 Å². The van der Waals surface area contributed by atoms with Crippen molar-refractivity contribution in [3.8, 4) is 0 Å². The molecule has 21 heavy (non-hydrogen) atoms. The smallest absolute Gasteiger partial charge is 0.159 e. The maximum atomic E-state index is 13.3. The van der Waals surface area contributed by atoms with Crippen molar-refractivity contribution in [1.29, 1.82) is 0 Å². The Morgan fingerprint density at radius 1 is 1.29 bits per heavy atom. The van der Waals surface area contributed by atoms with Crippen LogP contribution in [0.2, 0.25) is 0 Å². The molecule has 0 aromatic heterocycles. The quantitative estimate of drug-likeness (QED) is 0.907. The molecule has 1 fully saturated rings. The highest BCUT2D eigenvalue weighted by molar-refractivity contribution is 5.20. The standard InChI is InChI=1S/C16H24F2N2O/c1-3-16(2,20-6-8-21-9-7-20)15(19)11-12-4-5-13(17)14(18)10-12/h4-5,10,15H,3,6-9,11,19H2,1-2H3. The van der Waals surface area contributed by atoms with Gasteiger partial charge in [0.2, 0.25) is 0 Å². The van der Waals surface area contributed by atoms with Crippen molar-refractivity contribution in [2.24, 2.45) is 5.73 Å². The predicted octanol–water partition coefficient (Wildman–Crippen LogP) is 2.34. The number of rotatable bonds is 5. The molecule has 0 saturated carbocycles. The molecule has 0 bridgehead atoms. The molecule has 1 aliphatic heterocycles. The van der Waals surface area contributed by atoms with E-state index < -0.39 is 11.6 Å². The minimum atomic E-state index is -0.821. The van der Waals surface area contributed by atoms with Gasteiger partial charge in [0, 0.05) is 24.7 Å². The van der Waals surface area contributed by atoms with Gasteiger partial charge in [-0.25, -0.2) is 8.78 Å². The number of halogens is 2. The number of nitrogens with zero attached hydrogens (tertiary/aromatic N) is 1. The third-order valence-electron chi connectivity index (χ3n) is 4.69. The molecule has 1 heterocycles. The van der Waals surface area contributed by atoms with Crippen molar-refractivity contribution in [1.82, 2.24) is 4.90 Å². The van der Waals surface area contributed by atoms with Gasteiger partial charge in [-0.1, -0.05) is 13.0 Å². The van der Waals surface area contributed by atoms with Crippen LogP contribution in [-0.4, -0.2) is 42.8 Å². The second kappa shape index (κ2) is 6.81. The average Bonchev–Trinajstić information content (AvgIpc) is 2.51. The van der Waals surface area contributed by atoms with E-state index in [2.05, 4.69) is 18.7 Å². The second-order valence-electron chi connectivity index (χ2n) is 5.87. The van der Waals surface area contributed by atoms with E-state index >= 15 is 0 Å². The van der Waals surface area contributed by atoms with Gasteiger partial charge in [-0.15, -0.1) is 0 Å². The number of benzene rings is 1. The summed E-state index contributed by atoms with van der Waals surface area (Å²) in [5.41, 5.74) is 6.97. The molecule has 3 nitrogen and oxygen atoms in total. The highest BCUT2D eigenvalue weighted by atomic mass is 19.2. The molecule has 0 amide bonds. The lowest BCUT2D eigenvalue weighted by Gasteiger charge is -2.46. The molecule has 0 radical (unpaired) electrons. The number of morpholine rings is 1. The Morgan fingerprint density at radius 2 is 1.95 bits per heavy atom. The van der Waals surface area contributed by atoms with Crippen molar-refractivity contribution in [2.75, 3.05) is 26.3 Å². The molecule has 1 aromatic rings. The maximum Gasteiger partial charge on any atom is 0.159 e. The van der Waals surface area contributed by atoms with Crippen LogP contribution in [0.5, 0.6) is 0 Å². The van der Waals surface area contributed by atoms with Crippen molar-refractivity contribution in [2.45, 2.75) is 38.3 Å². The second-order valence-corrected chi connectivity index (χ2v) is 5.87. The molecule has 2 N–H and O–H groups in total. The molecule has 5 heteroatoms. The summed E-state index contributed by atoms with van der Waals surface area (Å²) in [7, 11) is 0. The molecule has 118 valence electrons. The van der Waals surface area contributed by atoms with E-state index in [1.54, 1.807) is 6.07 Å². The van der Waals surface area contributed by atoms with E-state index in [1.807, 2.05) is 0 Å². The van der Waals surface area contributed by atoms with Crippen LogP contribution in [0, 0.1) is 11.6 Å². The van der Waals surface area contributed by atoms with Crippen molar-refractivity contribution >= 4 is 0 Å². The fourth-order valence-electron chi connectivity index (χ4n) is 2.93. The van der Waals surface area contributed by atoms with Gasteiger partial charge in [0.25, 0.3) is 0 Å². The van der Waals surface area contributed by atoms with Gasteiger partial charge in [-0.2, -0.15) is 0 Å². The fraction of sp³-hybridized carbons (Fsp3) is 0.625. The number of hydrogen-bond donors (Lipinski definition) is 1. The normalized spacial score (nSPS) is 21.0. The minimum Gasteiger partial charge on any atom is -0.379 e. The minimum absolute atomic E-state index is 0.148. The van der Waals surface area contributed by atoms with E-state index in [9.17, 15) is 8.78 Å². The molecular weight excluding hydrogens is 274 g/mol. The largest absolute Gasteiger partial charge is 0.379 e. The molecule has 1 aliphatic rings. The molecule has 2 atom stereocenters. The maximum absolute atomic E-state index is 13.3. The Labute approximate surface area is 125 Å². The summed E-state index contributed by atoms with van der Waals surface area (Å²) in [4.78, 5) is 2.35. The molecule has 2 rings (SSSR count). The number of hydrogen-bond acceptors (Lipinski definition) is 3. The first kappa shape index (κ1) is 16.3. The molecule has 0 spiro atoms. The van der Waals surface area contributed by atoms with E-state index in [0.29, 0.717) is 19.6 Å². The molecule has 0 aliphatic carbocycles. The first-order chi connectivity index (χ1) is 9.97. The highest BCUT2D eigenvalue weighted by Crippen LogP contribution is 2.26. The van der Waals surface area contributed by atoms with Gasteiger partial charge in [-0.3, -0.25) is 4.90 Å². The zero-order chi connectivity index (χ0) is 15.5. The number of ether oxygens (including phenoxy) is 1. The van der Waals surface area contributed by atoms with Gasteiger partial charge in [0.05, 0.1) is 13.2 Å². The van der Waals surface area contributed by atoms with Crippen molar-refractivity contribution in [3.05, 3.63) is 35.4 Å².